The minimum atomic E-state index is -0.188. The third-order valence-electron chi connectivity index (χ3n) is 4.40. The number of carbonyl (C=O) groups is 1. The van der Waals surface area contributed by atoms with Crippen molar-refractivity contribution in [2.24, 2.45) is 0 Å². The van der Waals surface area contributed by atoms with E-state index in [0.29, 0.717) is 19.8 Å². The summed E-state index contributed by atoms with van der Waals surface area (Å²) in [6, 6.07) is 11.6. The Bertz CT molecular complexity index is 667. The standard InChI is InChI=1S/C20H27N3O3/c24-20(21-10-6-13-25-16-19-9-5-14-26-19)22-17-7-4-8-18(15-17)23-11-2-1-3-12-23/h4-5,7-9,14-15H,1-3,6,10-13,16H2,(H2,21,22,24). The molecular formula is C20H27N3O3. The van der Waals surface area contributed by atoms with Gasteiger partial charge in [-0.15, -0.1) is 0 Å². The Morgan fingerprint density at radius 2 is 2.04 bits per heavy atom. The second-order valence-electron chi connectivity index (χ2n) is 6.46. The first-order chi connectivity index (χ1) is 12.8. The molecular weight excluding hydrogens is 330 g/mol. The number of nitrogens with one attached hydrogen (secondary N) is 2. The lowest BCUT2D eigenvalue weighted by Gasteiger charge is -2.29. The lowest BCUT2D eigenvalue weighted by atomic mass is 10.1. The van der Waals surface area contributed by atoms with Gasteiger partial charge in [0.1, 0.15) is 12.4 Å². The number of hydrogen-bond acceptors (Lipinski definition) is 4. The molecule has 0 atom stereocenters. The Morgan fingerprint density at radius 3 is 2.85 bits per heavy atom. The van der Waals surface area contributed by atoms with Crippen LogP contribution in [-0.2, 0) is 11.3 Å². The predicted octanol–water partition coefficient (Wildman–Crippen LogP) is 4.00. The van der Waals surface area contributed by atoms with Gasteiger partial charge in [0.05, 0.1) is 6.26 Å². The zero-order chi connectivity index (χ0) is 18.0. The molecule has 1 saturated heterocycles. The third-order valence-corrected chi connectivity index (χ3v) is 4.40. The van der Waals surface area contributed by atoms with E-state index in [1.807, 2.05) is 30.3 Å². The summed E-state index contributed by atoms with van der Waals surface area (Å²) in [5.74, 6) is 0.810. The van der Waals surface area contributed by atoms with Crippen LogP contribution in [0.4, 0.5) is 16.2 Å². The summed E-state index contributed by atoms with van der Waals surface area (Å²) in [7, 11) is 0. The SMILES string of the molecule is O=C(NCCCOCc1ccco1)Nc1cccc(N2CCCCC2)c1. The quantitative estimate of drug-likeness (QED) is 0.701. The van der Waals surface area contributed by atoms with Crippen LogP contribution in [-0.4, -0.2) is 32.3 Å². The largest absolute Gasteiger partial charge is 0.467 e. The zero-order valence-corrected chi connectivity index (χ0v) is 15.1. The van der Waals surface area contributed by atoms with E-state index in [4.69, 9.17) is 9.15 Å². The molecule has 1 aliphatic heterocycles. The summed E-state index contributed by atoms with van der Waals surface area (Å²) >= 11 is 0. The van der Waals surface area contributed by atoms with E-state index >= 15 is 0 Å². The summed E-state index contributed by atoms with van der Waals surface area (Å²) < 4.78 is 10.7. The predicted molar refractivity (Wildman–Crippen MR) is 103 cm³/mol. The van der Waals surface area contributed by atoms with Crippen LogP contribution in [0.5, 0.6) is 0 Å². The molecule has 6 nitrogen and oxygen atoms in total. The Morgan fingerprint density at radius 1 is 1.15 bits per heavy atom. The Hall–Kier alpha value is -2.47. The minimum absolute atomic E-state index is 0.188. The average molecular weight is 357 g/mol. The van der Waals surface area contributed by atoms with Crippen molar-refractivity contribution in [3.05, 3.63) is 48.4 Å². The van der Waals surface area contributed by atoms with Crippen molar-refractivity contribution in [2.45, 2.75) is 32.3 Å². The highest BCUT2D eigenvalue weighted by atomic mass is 16.5. The van der Waals surface area contributed by atoms with Crippen LogP contribution in [0.3, 0.4) is 0 Å². The number of ether oxygens (including phenoxy) is 1. The van der Waals surface area contributed by atoms with Gasteiger partial charge in [0.15, 0.2) is 0 Å². The molecule has 0 saturated carbocycles. The highest BCUT2D eigenvalue weighted by Gasteiger charge is 2.11. The van der Waals surface area contributed by atoms with Crippen LogP contribution in [0.1, 0.15) is 31.4 Å². The van der Waals surface area contributed by atoms with Crippen molar-refractivity contribution in [3.8, 4) is 0 Å². The number of amides is 2. The van der Waals surface area contributed by atoms with Crippen LogP contribution < -0.4 is 15.5 Å². The molecule has 2 heterocycles. The molecule has 0 spiro atoms. The number of benzene rings is 1. The van der Waals surface area contributed by atoms with Crippen molar-refractivity contribution in [2.75, 3.05) is 36.5 Å². The maximum absolute atomic E-state index is 12.0. The molecule has 2 N–H and O–H groups in total. The number of furan rings is 1. The number of rotatable bonds is 8. The lowest BCUT2D eigenvalue weighted by Crippen LogP contribution is -2.31. The highest BCUT2D eigenvalue weighted by Crippen LogP contribution is 2.22. The first kappa shape index (κ1) is 18.3. The number of hydrogen-bond donors (Lipinski definition) is 2. The molecule has 6 heteroatoms. The fraction of sp³-hybridized carbons (Fsp3) is 0.450. The lowest BCUT2D eigenvalue weighted by molar-refractivity contribution is 0.104. The monoisotopic (exact) mass is 357 g/mol. The molecule has 1 aliphatic rings. The first-order valence-electron chi connectivity index (χ1n) is 9.31. The van der Waals surface area contributed by atoms with Gasteiger partial charge in [-0.05, 0) is 56.0 Å². The van der Waals surface area contributed by atoms with Gasteiger partial charge in [-0.2, -0.15) is 0 Å². The summed E-state index contributed by atoms with van der Waals surface area (Å²) in [6.07, 6.45) is 6.16. The van der Waals surface area contributed by atoms with E-state index in [-0.39, 0.29) is 6.03 Å². The number of urea groups is 1. The molecule has 26 heavy (non-hydrogen) atoms. The molecule has 0 aliphatic carbocycles. The highest BCUT2D eigenvalue weighted by molar-refractivity contribution is 5.89. The Kier molecular flexibility index (Phi) is 6.96. The van der Waals surface area contributed by atoms with Crippen LogP contribution in [0, 0.1) is 0 Å². The van der Waals surface area contributed by atoms with Crippen LogP contribution in [0.15, 0.2) is 47.1 Å². The topological polar surface area (TPSA) is 66.7 Å². The zero-order valence-electron chi connectivity index (χ0n) is 15.1. The third kappa shape index (κ3) is 5.81. The molecule has 2 amide bonds. The van der Waals surface area contributed by atoms with Gasteiger partial charge in [0.2, 0.25) is 0 Å². The van der Waals surface area contributed by atoms with Crippen LogP contribution >= 0.6 is 0 Å². The normalized spacial score (nSPS) is 14.2. The van der Waals surface area contributed by atoms with Crippen molar-refractivity contribution in [1.82, 2.24) is 5.32 Å². The summed E-state index contributed by atoms with van der Waals surface area (Å²) in [4.78, 5) is 14.4. The van der Waals surface area contributed by atoms with E-state index in [2.05, 4.69) is 21.6 Å². The summed E-state index contributed by atoms with van der Waals surface area (Å²) in [5, 5.41) is 5.76. The smallest absolute Gasteiger partial charge is 0.319 e. The van der Waals surface area contributed by atoms with Gasteiger partial charge in [-0.1, -0.05) is 6.07 Å². The first-order valence-corrected chi connectivity index (χ1v) is 9.31. The van der Waals surface area contributed by atoms with E-state index in [0.717, 1.165) is 31.0 Å². The number of piperidine rings is 1. The maximum atomic E-state index is 12.0. The van der Waals surface area contributed by atoms with E-state index in [1.54, 1.807) is 6.26 Å². The molecule has 2 aromatic rings. The van der Waals surface area contributed by atoms with E-state index in [9.17, 15) is 4.79 Å². The molecule has 0 radical (unpaired) electrons. The second kappa shape index (κ2) is 9.87. The molecule has 0 bridgehead atoms. The average Bonchev–Trinajstić information content (AvgIpc) is 3.19. The van der Waals surface area contributed by atoms with Crippen molar-refractivity contribution >= 4 is 17.4 Å². The van der Waals surface area contributed by atoms with Gasteiger partial charge in [-0.3, -0.25) is 0 Å². The summed E-state index contributed by atoms with van der Waals surface area (Å²) in [5.41, 5.74) is 1.99. The number of anilines is 2. The molecule has 1 aromatic carbocycles. The molecule has 140 valence electrons. The summed E-state index contributed by atoms with van der Waals surface area (Å²) in [6.45, 7) is 3.78. The van der Waals surface area contributed by atoms with Gasteiger partial charge >= 0.3 is 6.03 Å². The van der Waals surface area contributed by atoms with Crippen LogP contribution in [0.2, 0.25) is 0 Å². The van der Waals surface area contributed by atoms with Crippen molar-refractivity contribution in [3.63, 3.8) is 0 Å². The molecule has 1 aromatic heterocycles. The van der Waals surface area contributed by atoms with Gasteiger partial charge < -0.3 is 24.7 Å². The molecule has 0 unspecified atom stereocenters. The van der Waals surface area contributed by atoms with Gasteiger partial charge in [0.25, 0.3) is 0 Å². The molecule has 3 rings (SSSR count). The van der Waals surface area contributed by atoms with Gasteiger partial charge in [0, 0.05) is 37.6 Å². The Labute approximate surface area is 154 Å². The van der Waals surface area contributed by atoms with Crippen molar-refractivity contribution < 1.29 is 13.9 Å². The van der Waals surface area contributed by atoms with Crippen molar-refractivity contribution in [1.29, 1.82) is 0 Å². The van der Waals surface area contributed by atoms with E-state index in [1.165, 1.54) is 24.9 Å². The van der Waals surface area contributed by atoms with Crippen LogP contribution in [0.25, 0.3) is 0 Å². The number of carbonyl (C=O) groups excluding carboxylic acids is 1. The molecule has 1 fully saturated rings. The second-order valence-corrected chi connectivity index (χ2v) is 6.46. The number of nitrogens with zero attached hydrogens (tertiary/aromatic N) is 1. The fourth-order valence-electron chi connectivity index (χ4n) is 3.05. The fourth-order valence-corrected chi connectivity index (χ4v) is 3.05. The van der Waals surface area contributed by atoms with E-state index < -0.39 is 0 Å². The van der Waals surface area contributed by atoms with Gasteiger partial charge in [-0.25, -0.2) is 4.79 Å². The Balaban J connectivity index is 1.34. The maximum Gasteiger partial charge on any atom is 0.319 e. The minimum Gasteiger partial charge on any atom is -0.467 e.